The lowest BCUT2D eigenvalue weighted by molar-refractivity contribution is 0.0593. The third-order valence-corrected chi connectivity index (χ3v) is 3.63. The van der Waals surface area contributed by atoms with Gasteiger partial charge in [-0.05, 0) is 12.1 Å². The highest BCUT2D eigenvalue weighted by molar-refractivity contribution is 5.97. The number of nitrogens with two attached hydrogens (primary N) is 1. The van der Waals surface area contributed by atoms with Crippen molar-refractivity contribution in [2.75, 3.05) is 18.2 Å². The predicted octanol–water partition coefficient (Wildman–Crippen LogP) is 1.35. The normalized spacial score (nSPS) is 12.6. The van der Waals surface area contributed by atoms with Gasteiger partial charge in [-0.15, -0.1) is 0 Å². The monoisotopic (exact) mass is 311 g/mol. The number of amides is 2. The van der Waals surface area contributed by atoms with Gasteiger partial charge in [-0.3, -0.25) is 0 Å². The van der Waals surface area contributed by atoms with Crippen molar-refractivity contribution in [1.82, 2.24) is 9.88 Å². The summed E-state index contributed by atoms with van der Waals surface area (Å²) in [6, 6.07) is 6.92. The molecule has 1 aliphatic rings. The number of methoxy groups -OCH3 is 1. The number of rotatable bonds is 2. The molecule has 0 atom stereocenters. The van der Waals surface area contributed by atoms with E-state index >= 15 is 0 Å². The van der Waals surface area contributed by atoms with Gasteiger partial charge in [-0.25, -0.2) is 9.59 Å². The highest BCUT2D eigenvalue weighted by Gasteiger charge is 2.25. The first-order valence-corrected chi connectivity index (χ1v) is 6.73. The number of urea groups is 1. The number of aromatic nitrogens is 1. The average molecular weight is 311 g/mol. The maximum absolute atomic E-state index is 12.1. The number of nitriles is 1. The van der Waals surface area contributed by atoms with Crippen molar-refractivity contribution < 1.29 is 14.3 Å². The summed E-state index contributed by atoms with van der Waals surface area (Å²) in [5.74, 6) is -0.644. The van der Waals surface area contributed by atoms with Crippen LogP contribution in [0.4, 0.5) is 16.2 Å². The first kappa shape index (κ1) is 14.5. The molecule has 1 aromatic heterocycles. The number of esters is 1. The van der Waals surface area contributed by atoms with E-state index in [1.54, 1.807) is 18.2 Å². The maximum atomic E-state index is 12.1. The zero-order valence-corrected chi connectivity index (χ0v) is 12.2. The Hall–Kier alpha value is -3.47. The van der Waals surface area contributed by atoms with Gasteiger partial charge in [-0.1, -0.05) is 6.07 Å². The van der Waals surface area contributed by atoms with Crippen LogP contribution >= 0.6 is 0 Å². The van der Waals surface area contributed by atoms with E-state index in [0.29, 0.717) is 11.4 Å². The molecule has 1 aliphatic heterocycles. The van der Waals surface area contributed by atoms with Crippen LogP contribution in [0.1, 0.15) is 21.6 Å². The topological polar surface area (TPSA) is 122 Å². The van der Waals surface area contributed by atoms with E-state index < -0.39 is 5.97 Å². The van der Waals surface area contributed by atoms with Gasteiger partial charge in [-0.2, -0.15) is 5.26 Å². The molecule has 116 valence electrons. The molecule has 0 saturated heterocycles. The zero-order chi connectivity index (χ0) is 16.6. The minimum Gasteiger partial charge on any atom is -0.464 e. The highest BCUT2D eigenvalue weighted by atomic mass is 16.5. The van der Waals surface area contributed by atoms with Crippen LogP contribution in [0.3, 0.4) is 0 Å². The van der Waals surface area contributed by atoms with Crippen molar-refractivity contribution in [1.29, 1.82) is 5.26 Å². The maximum Gasteiger partial charge on any atom is 0.357 e. The number of carbonyl (C=O) groups excluding carboxylic acids is 2. The van der Waals surface area contributed by atoms with E-state index in [0.717, 1.165) is 5.56 Å². The summed E-state index contributed by atoms with van der Waals surface area (Å²) in [6.07, 6.45) is 1.48. The van der Waals surface area contributed by atoms with Crippen molar-refractivity contribution in [3.05, 3.63) is 41.2 Å². The van der Waals surface area contributed by atoms with Crippen LogP contribution in [0.5, 0.6) is 0 Å². The molecule has 4 N–H and O–H groups in total. The van der Waals surface area contributed by atoms with Crippen LogP contribution in [-0.4, -0.2) is 23.7 Å². The number of fused-ring (bicyclic) bond motifs is 1. The number of benzene rings is 1. The van der Waals surface area contributed by atoms with Gasteiger partial charge < -0.3 is 25.7 Å². The first-order chi connectivity index (χ1) is 11.1. The number of anilines is 2. The molecule has 0 saturated carbocycles. The Morgan fingerprint density at radius 1 is 1.48 bits per heavy atom. The van der Waals surface area contributed by atoms with Crippen molar-refractivity contribution in [2.45, 2.75) is 6.54 Å². The Kier molecular flexibility index (Phi) is 3.38. The lowest BCUT2D eigenvalue weighted by Crippen LogP contribution is -2.34. The van der Waals surface area contributed by atoms with E-state index in [4.69, 9.17) is 15.7 Å². The minimum atomic E-state index is -0.644. The molecule has 2 heterocycles. The van der Waals surface area contributed by atoms with Crippen LogP contribution < -0.4 is 16.4 Å². The summed E-state index contributed by atoms with van der Waals surface area (Å²) in [6.45, 7) is 0.290. The fourth-order valence-electron chi connectivity index (χ4n) is 2.54. The van der Waals surface area contributed by atoms with E-state index in [-0.39, 0.29) is 29.5 Å². The number of hydrogen-bond donors (Lipinski definition) is 3. The predicted molar refractivity (Wildman–Crippen MR) is 82.1 cm³/mol. The van der Waals surface area contributed by atoms with E-state index in [9.17, 15) is 9.59 Å². The molecule has 1 aromatic carbocycles. The summed E-state index contributed by atoms with van der Waals surface area (Å²) in [5.41, 5.74) is 8.25. The van der Waals surface area contributed by atoms with Crippen LogP contribution in [0, 0.1) is 11.3 Å². The molecule has 0 unspecified atom stereocenters. The van der Waals surface area contributed by atoms with Crippen LogP contribution in [0.15, 0.2) is 24.4 Å². The molecule has 0 spiro atoms. The molecule has 8 heteroatoms. The average Bonchev–Trinajstić information content (AvgIpc) is 2.89. The van der Waals surface area contributed by atoms with Crippen LogP contribution in [0.2, 0.25) is 0 Å². The van der Waals surface area contributed by atoms with Crippen molar-refractivity contribution >= 4 is 23.4 Å². The Balaban J connectivity index is 2.24. The fraction of sp³-hybridized carbons (Fsp3) is 0.133. The quantitative estimate of drug-likeness (QED) is 0.723. The number of carbonyl (C=O) groups is 2. The lowest BCUT2D eigenvalue weighted by Gasteiger charge is -2.22. The van der Waals surface area contributed by atoms with Crippen molar-refractivity contribution in [3.8, 4) is 11.8 Å². The van der Waals surface area contributed by atoms with Gasteiger partial charge in [0, 0.05) is 24.0 Å². The van der Waals surface area contributed by atoms with Crippen LogP contribution in [-0.2, 0) is 11.3 Å². The summed E-state index contributed by atoms with van der Waals surface area (Å²) < 4.78 is 6.28. The molecule has 0 fully saturated rings. The SMILES string of the molecule is COC(=O)c1c(N)c(C#N)cn1-c1cccc2c1CNC(=O)N2. The number of nitrogens with one attached hydrogen (secondary N) is 2. The fourth-order valence-corrected chi connectivity index (χ4v) is 2.54. The summed E-state index contributed by atoms with van der Waals surface area (Å²) in [4.78, 5) is 23.5. The first-order valence-electron chi connectivity index (χ1n) is 6.73. The molecular formula is C15H13N5O3. The smallest absolute Gasteiger partial charge is 0.357 e. The second-order valence-electron chi connectivity index (χ2n) is 4.89. The molecule has 0 radical (unpaired) electrons. The Morgan fingerprint density at radius 2 is 2.26 bits per heavy atom. The number of ether oxygens (including phenoxy) is 1. The minimum absolute atomic E-state index is 0.0600. The molecule has 0 aliphatic carbocycles. The summed E-state index contributed by atoms with van der Waals surface area (Å²) in [7, 11) is 1.24. The Bertz CT molecular complexity index is 863. The van der Waals surface area contributed by atoms with Gasteiger partial charge in [0.2, 0.25) is 0 Å². The van der Waals surface area contributed by atoms with Gasteiger partial charge in [0.15, 0.2) is 5.69 Å². The van der Waals surface area contributed by atoms with Crippen LogP contribution in [0.25, 0.3) is 5.69 Å². The van der Waals surface area contributed by atoms with Gasteiger partial charge in [0.05, 0.1) is 24.0 Å². The second-order valence-corrected chi connectivity index (χ2v) is 4.89. The van der Waals surface area contributed by atoms with Gasteiger partial charge in [0.25, 0.3) is 0 Å². The van der Waals surface area contributed by atoms with E-state index in [1.165, 1.54) is 17.9 Å². The molecule has 0 bridgehead atoms. The Labute approximate surface area is 131 Å². The van der Waals surface area contributed by atoms with Gasteiger partial charge in [0.1, 0.15) is 6.07 Å². The lowest BCUT2D eigenvalue weighted by atomic mass is 10.1. The standard InChI is InChI=1S/C15H13N5O3/c1-23-14(21)13-12(17)8(5-16)7-20(13)11-4-2-3-10-9(11)6-18-15(22)19-10/h2-4,7H,6,17H2,1H3,(H2,18,19,22). The number of nitrogen functional groups attached to an aromatic ring is 1. The molecule has 8 nitrogen and oxygen atoms in total. The van der Waals surface area contributed by atoms with Crippen molar-refractivity contribution in [2.24, 2.45) is 0 Å². The number of hydrogen-bond acceptors (Lipinski definition) is 5. The Morgan fingerprint density at radius 3 is 2.96 bits per heavy atom. The van der Waals surface area contributed by atoms with E-state index in [1.807, 2.05) is 6.07 Å². The second kappa shape index (κ2) is 5.38. The molecule has 23 heavy (non-hydrogen) atoms. The molecular weight excluding hydrogens is 298 g/mol. The van der Waals surface area contributed by atoms with Gasteiger partial charge >= 0.3 is 12.0 Å². The highest BCUT2D eigenvalue weighted by Crippen LogP contribution is 2.30. The largest absolute Gasteiger partial charge is 0.464 e. The third-order valence-electron chi connectivity index (χ3n) is 3.63. The zero-order valence-electron chi connectivity index (χ0n) is 12.2. The molecule has 3 rings (SSSR count). The molecule has 2 amide bonds. The third kappa shape index (κ3) is 2.24. The number of nitrogens with zero attached hydrogens (tertiary/aromatic N) is 2. The summed E-state index contributed by atoms with van der Waals surface area (Å²) >= 11 is 0. The summed E-state index contributed by atoms with van der Waals surface area (Å²) in [5, 5.41) is 14.5. The molecule has 2 aromatic rings. The van der Waals surface area contributed by atoms with E-state index in [2.05, 4.69) is 10.6 Å². The van der Waals surface area contributed by atoms with Crippen molar-refractivity contribution in [3.63, 3.8) is 0 Å².